The topological polar surface area (TPSA) is 71.1 Å². The van der Waals surface area contributed by atoms with Crippen LogP contribution in [0.3, 0.4) is 0 Å². The number of para-hydroxylation sites is 1. The summed E-state index contributed by atoms with van der Waals surface area (Å²) in [6.07, 6.45) is 0. The van der Waals surface area contributed by atoms with E-state index in [2.05, 4.69) is 36.7 Å². The molecule has 0 bridgehead atoms. The summed E-state index contributed by atoms with van der Waals surface area (Å²) >= 11 is 3.48. The lowest BCUT2D eigenvalue weighted by atomic mass is 9.87. The molecule has 0 atom stereocenters. The van der Waals surface area contributed by atoms with E-state index in [1.54, 1.807) is 18.2 Å². The maximum Gasteiger partial charge on any atom is 0.349 e. The van der Waals surface area contributed by atoms with Crippen molar-refractivity contribution in [2.45, 2.75) is 26.2 Å². The fourth-order valence-corrected chi connectivity index (χ4v) is 3.46. The number of hydrogen-bond acceptors (Lipinski definition) is 6. The van der Waals surface area contributed by atoms with Crippen LogP contribution in [0.1, 0.15) is 36.7 Å². The zero-order valence-corrected chi connectivity index (χ0v) is 21.0. The summed E-state index contributed by atoms with van der Waals surface area (Å²) in [5.74, 6) is 0.347. The van der Waals surface area contributed by atoms with E-state index in [0.717, 1.165) is 10.0 Å². The summed E-state index contributed by atoms with van der Waals surface area (Å²) in [5.41, 5.74) is 1.41. The maximum absolute atomic E-state index is 12.3. The number of benzene rings is 3. The van der Waals surface area contributed by atoms with E-state index >= 15 is 0 Å². The third kappa shape index (κ3) is 7.63. The summed E-state index contributed by atoms with van der Waals surface area (Å²) in [4.78, 5) is 24.5. The number of carbonyl (C=O) groups is 2. The van der Waals surface area contributed by atoms with Gasteiger partial charge in [0.1, 0.15) is 30.5 Å². The van der Waals surface area contributed by atoms with Crippen LogP contribution in [0.15, 0.2) is 77.3 Å². The van der Waals surface area contributed by atoms with Crippen molar-refractivity contribution in [2.75, 3.05) is 19.8 Å². The second-order valence-corrected chi connectivity index (χ2v) is 9.34. The van der Waals surface area contributed by atoms with Crippen molar-refractivity contribution in [3.8, 4) is 17.2 Å². The highest BCUT2D eigenvalue weighted by atomic mass is 79.9. The molecule has 3 aromatic carbocycles. The number of halogens is 1. The van der Waals surface area contributed by atoms with Gasteiger partial charge < -0.3 is 18.9 Å². The first-order valence-corrected chi connectivity index (χ1v) is 11.6. The zero-order valence-electron chi connectivity index (χ0n) is 19.4. The molecule has 178 valence electrons. The van der Waals surface area contributed by atoms with Gasteiger partial charge in [-0.05, 0) is 69.4 Å². The standard InChI is InChI=1S/C27H27BrO6/c1-27(2,3)20-12-13-24(23(28)17-20)33-18-25(29)34-22-11-7-8-19(16-22)26(30)32-15-14-31-21-9-5-4-6-10-21/h4-13,16-17H,14-15,18H2,1-3H3. The van der Waals surface area contributed by atoms with E-state index in [1.165, 1.54) is 6.07 Å². The molecule has 34 heavy (non-hydrogen) atoms. The Kier molecular flexibility index (Phi) is 8.71. The van der Waals surface area contributed by atoms with Gasteiger partial charge in [0.15, 0.2) is 6.61 Å². The molecule has 0 aliphatic heterocycles. The Bertz CT molecular complexity index is 1120. The van der Waals surface area contributed by atoms with Crippen LogP contribution >= 0.6 is 15.9 Å². The van der Waals surface area contributed by atoms with Crippen LogP contribution in [0.2, 0.25) is 0 Å². The molecular weight excluding hydrogens is 500 g/mol. The molecule has 3 rings (SSSR count). The average Bonchev–Trinajstić information content (AvgIpc) is 2.81. The van der Waals surface area contributed by atoms with Crippen molar-refractivity contribution in [1.82, 2.24) is 0 Å². The van der Waals surface area contributed by atoms with Crippen LogP contribution in [0.5, 0.6) is 17.2 Å². The zero-order chi connectivity index (χ0) is 24.6. The van der Waals surface area contributed by atoms with Crippen molar-refractivity contribution >= 4 is 27.9 Å². The Labute approximate surface area is 207 Å². The van der Waals surface area contributed by atoms with Gasteiger partial charge in [0.25, 0.3) is 0 Å². The van der Waals surface area contributed by atoms with Gasteiger partial charge in [0.2, 0.25) is 0 Å². The molecule has 0 radical (unpaired) electrons. The normalized spacial score (nSPS) is 10.9. The first kappa shape index (κ1) is 25.3. The Morgan fingerprint density at radius 1 is 0.824 bits per heavy atom. The summed E-state index contributed by atoms with van der Waals surface area (Å²) in [5, 5.41) is 0. The molecule has 3 aromatic rings. The van der Waals surface area contributed by atoms with Crippen LogP contribution in [-0.2, 0) is 14.9 Å². The molecule has 0 N–H and O–H groups in total. The van der Waals surface area contributed by atoms with E-state index < -0.39 is 11.9 Å². The number of hydrogen-bond donors (Lipinski definition) is 0. The van der Waals surface area contributed by atoms with Gasteiger partial charge in [-0.15, -0.1) is 0 Å². The molecule has 0 amide bonds. The van der Waals surface area contributed by atoms with E-state index in [1.807, 2.05) is 48.5 Å². The number of carbonyl (C=O) groups excluding carboxylic acids is 2. The monoisotopic (exact) mass is 526 g/mol. The van der Waals surface area contributed by atoms with Crippen molar-refractivity contribution < 1.29 is 28.5 Å². The molecule has 0 unspecified atom stereocenters. The largest absolute Gasteiger partial charge is 0.490 e. The molecule has 0 saturated heterocycles. The third-order valence-electron chi connectivity index (χ3n) is 4.77. The average molecular weight is 527 g/mol. The quantitative estimate of drug-likeness (QED) is 0.194. The fourth-order valence-electron chi connectivity index (χ4n) is 2.96. The summed E-state index contributed by atoms with van der Waals surface area (Å²) in [7, 11) is 0. The first-order valence-electron chi connectivity index (χ1n) is 10.8. The smallest absolute Gasteiger partial charge is 0.349 e. The summed E-state index contributed by atoms with van der Waals surface area (Å²) in [6, 6.07) is 21.2. The predicted octanol–water partition coefficient (Wildman–Crippen LogP) is 5.97. The van der Waals surface area contributed by atoms with Crippen molar-refractivity contribution in [3.05, 3.63) is 88.4 Å². The maximum atomic E-state index is 12.3. The molecule has 0 aliphatic carbocycles. The Morgan fingerprint density at radius 2 is 1.56 bits per heavy atom. The number of esters is 2. The highest BCUT2D eigenvalue weighted by Crippen LogP contribution is 2.31. The van der Waals surface area contributed by atoms with Gasteiger partial charge in [-0.1, -0.05) is 51.1 Å². The second kappa shape index (κ2) is 11.7. The second-order valence-electron chi connectivity index (χ2n) is 8.48. The Hall–Kier alpha value is -3.32. The van der Waals surface area contributed by atoms with Crippen LogP contribution in [0, 0.1) is 0 Å². The summed E-state index contributed by atoms with van der Waals surface area (Å²) < 4.78 is 22.4. The molecular formula is C27H27BrO6. The fraction of sp³-hybridized carbons (Fsp3) is 0.259. The first-order chi connectivity index (χ1) is 16.2. The summed E-state index contributed by atoms with van der Waals surface area (Å²) in [6.45, 7) is 6.40. The predicted molar refractivity (Wildman–Crippen MR) is 133 cm³/mol. The lowest BCUT2D eigenvalue weighted by molar-refractivity contribution is -0.136. The van der Waals surface area contributed by atoms with E-state index in [-0.39, 0.29) is 36.5 Å². The van der Waals surface area contributed by atoms with Gasteiger partial charge in [0, 0.05) is 0 Å². The van der Waals surface area contributed by atoms with Gasteiger partial charge in [-0.2, -0.15) is 0 Å². The van der Waals surface area contributed by atoms with Crippen molar-refractivity contribution in [2.24, 2.45) is 0 Å². The molecule has 0 saturated carbocycles. The van der Waals surface area contributed by atoms with Crippen molar-refractivity contribution in [3.63, 3.8) is 0 Å². The van der Waals surface area contributed by atoms with Gasteiger partial charge in [0.05, 0.1) is 10.0 Å². The number of ether oxygens (including phenoxy) is 4. The molecule has 0 aromatic heterocycles. The van der Waals surface area contributed by atoms with Gasteiger partial charge in [-0.3, -0.25) is 0 Å². The van der Waals surface area contributed by atoms with Gasteiger partial charge in [-0.25, -0.2) is 9.59 Å². The minimum absolute atomic E-state index is 0.00106. The Morgan fingerprint density at radius 3 is 2.26 bits per heavy atom. The van der Waals surface area contributed by atoms with E-state index in [0.29, 0.717) is 11.5 Å². The van der Waals surface area contributed by atoms with Gasteiger partial charge >= 0.3 is 11.9 Å². The van der Waals surface area contributed by atoms with E-state index in [9.17, 15) is 9.59 Å². The van der Waals surface area contributed by atoms with E-state index in [4.69, 9.17) is 18.9 Å². The molecule has 0 spiro atoms. The molecule has 0 heterocycles. The lowest BCUT2D eigenvalue weighted by Crippen LogP contribution is -2.18. The molecule has 6 nitrogen and oxygen atoms in total. The lowest BCUT2D eigenvalue weighted by Gasteiger charge is -2.20. The van der Waals surface area contributed by atoms with Crippen LogP contribution < -0.4 is 14.2 Å². The minimum Gasteiger partial charge on any atom is -0.490 e. The van der Waals surface area contributed by atoms with Crippen LogP contribution in [0.25, 0.3) is 0 Å². The molecule has 7 heteroatoms. The molecule has 0 aliphatic rings. The minimum atomic E-state index is -0.589. The van der Waals surface area contributed by atoms with Crippen LogP contribution in [-0.4, -0.2) is 31.8 Å². The highest BCUT2D eigenvalue weighted by Gasteiger charge is 2.16. The van der Waals surface area contributed by atoms with Crippen LogP contribution in [0.4, 0.5) is 0 Å². The number of rotatable bonds is 9. The highest BCUT2D eigenvalue weighted by molar-refractivity contribution is 9.10. The third-order valence-corrected chi connectivity index (χ3v) is 5.39. The SMILES string of the molecule is CC(C)(C)c1ccc(OCC(=O)Oc2cccc(C(=O)OCCOc3ccccc3)c2)c(Br)c1. The van der Waals surface area contributed by atoms with Crippen molar-refractivity contribution in [1.29, 1.82) is 0 Å². The molecule has 0 fully saturated rings. The Balaban J connectivity index is 1.47.